The highest BCUT2D eigenvalue weighted by molar-refractivity contribution is 6.06. The minimum atomic E-state index is -4.41. The highest BCUT2D eigenvalue weighted by Crippen LogP contribution is 2.18. The predicted molar refractivity (Wildman–Crippen MR) is 43.5 cm³/mol. The van der Waals surface area contributed by atoms with Crippen LogP contribution in [0.2, 0.25) is 0 Å². The quantitative estimate of drug-likeness (QED) is 0.555. The van der Waals surface area contributed by atoms with Crippen LogP contribution >= 0.6 is 0 Å². The van der Waals surface area contributed by atoms with Gasteiger partial charge in [0.15, 0.2) is 0 Å². The molecule has 0 aliphatic carbocycles. The van der Waals surface area contributed by atoms with E-state index in [-0.39, 0.29) is 0 Å². The summed E-state index contributed by atoms with van der Waals surface area (Å²) in [6.45, 7) is 0.0873. The van der Waals surface area contributed by atoms with Gasteiger partial charge < -0.3 is 16.2 Å². The van der Waals surface area contributed by atoms with Gasteiger partial charge >= 0.3 is 6.18 Å². The number of aliphatic hydroxyl groups is 1. The van der Waals surface area contributed by atoms with Gasteiger partial charge in [-0.25, -0.2) is 0 Å². The average molecular weight is 228 g/mol. The van der Waals surface area contributed by atoms with Gasteiger partial charge in [-0.3, -0.25) is 9.59 Å². The highest BCUT2D eigenvalue weighted by atomic mass is 19.4. The van der Waals surface area contributed by atoms with Gasteiger partial charge in [0.2, 0.25) is 5.60 Å². The number of primary amides is 1. The highest BCUT2D eigenvalue weighted by Gasteiger charge is 2.37. The molecule has 8 heteroatoms. The van der Waals surface area contributed by atoms with E-state index in [1.807, 2.05) is 0 Å². The van der Waals surface area contributed by atoms with Crippen LogP contribution in [0.15, 0.2) is 0 Å². The van der Waals surface area contributed by atoms with Gasteiger partial charge in [0.1, 0.15) is 0 Å². The molecule has 0 heterocycles. The fourth-order valence-electron chi connectivity index (χ4n) is 0.602. The van der Waals surface area contributed by atoms with Crippen molar-refractivity contribution < 1.29 is 27.9 Å². The number of nitrogens with two attached hydrogens (primary N) is 1. The van der Waals surface area contributed by atoms with Crippen LogP contribution in [0, 0.1) is 0 Å². The Kier molecular flexibility index (Phi) is 4.08. The standard InChI is InChI=1S/C7H11F3N2O3/c1-6(15,4(11)13)5(14)12-3-2-7(8,9)10/h15H,2-3H2,1H3,(H2,11,13)(H,12,14). The minimum Gasteiger partial charge on any atom is -0.372 e. The molecule has 0 fully saturated rings. The van der Waals surface area contributed by atoms with Gasteiger partial charge in [-0.15, -0.1) is 0 Å². The van der Waals surface area contributed by atoms with Crippen molar-refractivity contribution in [2.75, 3.05) is 6.54 Å². The van der Waals surface area contributed by atoms with E-state index in [9.17, 15) is 22.8 Å². The van der Waals surface area contributed by atoms with Crippen molar-refractivity contribution in [3.05, 3.63) is 0 Å². The first-order valence-electron chi connectivity index (χ1n) is 3.94. The zero-order valence-corrected chi connectivity index (χ0v) is 7.89. The van der Waals surface area contributed by atoms with Crippen molar-refractivity contribution in [3.8, 4) is 0 Å². The normalized spacial score (nSPS) is 15.5. The molecule has 0 spiro atoms. The zero-order chi connectivity index (χ0) is 12.3. The Morgan fingerprint density at radius 1 is 1.40 bits per heavy atom. The molecule has 0 saturated carbocycles. The van der Waals surface area contributed by atoms with Crippen LogP contribution in [0.1, 0.15) is 13.3 Å². The monoisotopic (exact) mass is 228 g/mol. The number of amides is 2. The lowest BCUT2D eigenvalue weighted by Crippen LogP contribution is -2.53. The molecule has 0 aromatic heterocycles. The van der Waals surface area contributed by atoms with E-state index in [0.717, 1.165) is 6.92 Å². The number of carbonyl (C=O) groups excluding carboxylic acids is 2. The van der Waals surface area contributed by atoms with Crippen LogP contribution < -0.4 is 11.1 Å². The summed E-state index contributed by atoms with van der Waals surface area (Å²) in [6.07, 6.45) is -5.65. The number of alkyl halides is 3. The molecule has 0 saturated heterocycles. The van der Waals surface area contributed by atoms with E-state index >= 15 is 0 Å². The van der Waals surface area contributed by atoms with Crippen molar-refractivity contribution in [3.63, 3.8) is 0 Å². The lowest BCUT2D eigenvalue weighted by molar-refractivity contribution is -0.151. The van der Waals surface area contributed by atoms with Crippen LogP contribution in [-0.2, 0) is 9.59 Å². The van der Waals surface area contributed by atoms with Crippen LogP contribution in [0.4, 0.5) is 13.2 Å². The predicted octanol–water partition coefficient (Wildman–Crippen LogP) is -0.709. The number of carbonyl (C=O) groups is 2. The van der Waals surface area contributed by atoms with Gasteiger partial charge in [-0.1, -0.05) is 0 Å². The Morgan fingerprint density at radius 2 is 1.87 bits per heavy atom. The molecule has 0 rings (SSSR count). The van der Waals surface area contributed by atoms with Gasteiger partial charge in [0.05, 0.1) is 6.42 Å². The molecular formula is C7H11F3N2O3. The summed E-state index contributed by atoms with van der Waals surface area (Å²) in [5.74, 6) is -2.58. The second kappa shape index (κ2) is 4.47. The summed E-state index contributed by atoms with van der Waals surface area (Å²) in [5.41, 5.74) is 2.16. The van der Waals surface area contributed by atoms with Crippen molar-refractivity contribution in [1.29, 1.82) is 0 Å². The molecule has 0 aromatic carbocycles. The smallest absolute Gasteiger partial charge is 0.372 e. The van der Waals surface area contributed by atoms with Gasteiger partial charge in [-0.05, 0) is 6.92 Å². The summed E-state index contributed by atoms with van der Waals surface area (Å²) in [7, 11) is 0. The lowest BCUT2D eigenvalue weighted by Gasteiger charge is -2.18. The summed E-state index contributed by atoms with van der Waals surface area (Å²) in [4.78, 5) is 21.5. The molecule has 0 bridgehead atoms. The van der Waals surface area contributed by atoms with E-state index in [0.29, 0.717) is 0 Å². The van der Waals surface area contributed by atoms with Crippen LogP contribution in [0.5, 0.6) is 0 Å². The Morgan fingerprint density at radius 3 is 2.20 bits per heavy atom. The summed E-state index contributed by atoms with van der Waals surface area (Å²) < 4.78 is 35.0. The van der Waals surface area contributed by atoms with E-state index in [4.69, 9.17) is 5.11 Å². The molecule has 4 N–H and O–H groups in total. The van der Waals surface area contributed by atoms with Crippen LogP contribution in [0.25, 0.3) is 0 Å². The first kappa shape index (κ1) is 13.7. The Balaban J connectivity index is 4.11. The maximum absolute atomic E-state index is 11.7. The Hall–Kier alpha value is -1.31. The number of nitrogens with one attached hydrogen (secondary N) is 1. The number of hydrogen-bond donors (Lipinski definition) is 3. The van der Waals surface area contributed by atoms with E-state index in [2.05, 4.69) is 5.73 Å². The second-order valence-corrected chi connectivity index (χ2v) is 3.06. The number of halogens is 3. The van der Waals surface area contributed by atoms with Crippen LogP contribution in [-0.4, -0.2) is 35.2 Å². The van der Waals surface area contributed by atoms with Gasteiger partial charge in [-0.2, -0.15) is 13.2 Å². The molecule has 0 radical (unpaired) electrons. The topological polar surface area (TPSA) is 92.4 Å². The molecule has 1 unspecified atom stereocenters. The molecule has 0 aliphatic heterocycles. The van der Waals surface area contributed by atoms with Crippen molar-refractivity contribution >= 4 is 11.8 Å². The Bertz CT molecular complexity index is 263. The third-order valence-corrected chi connectivity index (χ3v) is 1.62. The minimum absolute atomic E-state index is 0.717. The summed E-state index contributed by atoms with van der Waals surface area (Å²) >= 11 is 0. The fraction of sp³-hybridized carbons (Fsp3) is 0.714. The molecular weight excluding hydrogens is 217 g/mol. The zero-order valence-electron chi connectivity index (χ0n) is 7.89. The SMILES string of the molecule is CC(O)(C(N)=O)C(=O)NCCC(F)(F)F. The second-order valence-electron chi connectivity index (χ2n) is 3.06. The van der Waals surface area contributed by atoms with Crippen molar-refractivity contribution in [1.82, 2.24) is 5.32 Å². The molecule has 15 heavy (non-hydrogen) atoms. The summed E-state index contributed by atoms with van der Waals surface area (Å²) in [5, 5.41) is 10.9. The molecule has 88 valence electrons. The number of hydrogen-bond acceptors (Lipinski definition) is 3. The maximum atomic E-state index is 11.7. The molecule has 1 atom stereocenters. The summed E-state index contributed by atoms with van der Waals surface area (Å²) in [6, 6.07) is 0. The maximum Gasteiger partial charge on any atom is 0.390 e. The average Bonchev–Trinajstić information content (AvgIpc) is 2.01. The lowest BCUT2D eigenvalue weighted by atomic mass is 10.1. The first-order valence-corrected chi connectivity index (χ1v) is 3.94. The van der Waals surface area contributed by atoms with E-state index in [1.165, 1.54) is 0 Å². The molecule has 5 nitrogen and oxygen atoms in total. The first-order chi connectivity index (χ1) is 6.57. The largest absolute Gasteiger partial charge is 0.390 e. The van der Waals surface area contributed by atoms with Crippen molar-refractivity contribution in [2.45, 2.75) is 25.1 Å². The third-order valence-electron chi connectivity index (χ3n) is 1.62. The molecule has 0 aromatic rings. The van der Waals surface area contributed by atoms with Gasteiger partial charge in [0, 0.05) is 6.54 Å². The molecule has 0 aliphatic rings. The van der Waals surface area contributed by atoms with Crippen molar-refractivity contribution in [2.24, 2.45) is 5.73 Å². The van der Waals surface area contributed by atoms with E-state index < -0.39 is 36.6 Å². The third kappa shape index (κ3) is 4.63. The van der Waals surface area contributed by atoms with E-state index in [1.54, 1.807) is 5.32 Å². The fourth-order valence-corrected chi connectivity index (χ4v) is 0.602. The molecule has 2 amide bonds. The van der Waals surface area contributed by atoms with Gasteiger partial charge in [0.25, 0.3) is 11.8 Å². The Labute approximate surface area is 83.4 Å². The number of rotatable bonds is 4. The van der Waals surface area contributed by atoms with Crippen LogP contribution in [0.3, 0.4) is 0 Å².